The van der Waals surface area contributed by atoms with Crippen LogP contribution in [0, 0.1) is 6.92 Å². The molecule has 0 aliphatic carbocycles. The summed E-state index contributed by atoms with van der Waals surface area (Å²) in [7, 11) is 0. The molecule has 3 rings (SSSR count). The van der Waals surface area contributed by atoms with Gasteiger partial charge in [0, 0.05) is 25.6 Å². The lowest BCUT2D eigenvalue weighted by molar-refractivity contribution is -0.306. The lowest BCUT2D eigenvalue weighted by atomic mass is 9.94. The Kier molecular flexibility index (Phi) is 7.38. The van der Waals surface area contributed by atoms with Crippen LogP contribution in [0.2, 0.25) is 0 Å². The Balaban J connectivity index is 2.15. The van der Waals surface area contributed by atoms with E-state index >= 15 is 0 Å². The first kappa shape index (κ1) is 26.7. The number of aryl methyl sites for hydroxylation is 1. The van der Waals surface area contributed by atoms with Gasteiger partial charge in [-0.1, -0.05) is 18.2 Å². The zero-order chi connectivity index (χ0) is 26.8. The normalized spacial score (nSPS) is 23.7. The van der Waals surface area contributed by atoms with Crippen LogP contribution in [0.5, 0.6) is 0 Å². The minimum Gasteiger partial charge on any atom is -0.458 e. The number of hydrogen-bond acceptors (Lipinski definition) is 9. The minimum atomic E-state index is -5.38. The van der Waals surface area contributed by atoms with E-state index in [-0.39, 0.29) is 11.1 Å². The van der Waals surface area contributed by atoms with Gasteiger partial charge in [-0.25, -0.2) is 9.59 Å². The molecule has 0 radical (unpaired) electrons. The van der Waals surface area contributed by atoms with Crippen LogP contribution in [0.1, 0.15) is 36.0 Å². The van der Waals surface area contributed by atoms with Gasteiger partial charge in [0.1, 0.15) is 6.61 Å². The summed E-state index contributed by atoms with van der Waals surface area (Å²) in [6.45, 7) is 1.44. The number of esters is 3. The second-order valence-electron chi connectivity index (χ2n) is 7.92. The highest BCUT2D eigenvalue weighted by Crippen LogP contribution is 2.49. The molecule has 11 nitrogen and oxygen atoms in total. The predicted octanol–water partition coefficient (Wildman–Crippen LogP) is 1.40. The van der Waals surface area contributed by atoms with E-state index in [2.05, 4.69) is 0 Å². The van der Waals surface area contributed by atoms with Gasteiger partial charge in [0.05, 0.1) is 5.56 Å². The van der Waals surface area contributed by atoms with Crippen molar-refractivity contribution in [1.82, 2.24) is 9.55 Å². The maximum Gasteiger partial charge on any atom is 0.424 e. The van der Waals surface area contributed by atoms with Crippen LogP contribution in [-0.4, -0.2) is 58.1 Å². The number of ether oxygens (including phenoxy) is 4. The molecule has 1 aliphatic heterocycles. The number of nitrogens with zero attached hydrogens (tertiary/aromatic N) is 1. The first-order valence-corrected chi connectivity index (χ1v) is 10.4. The van der Waals surface area contributed by atoms with E-state index in [1.807, 2.05) is 4.98 Å². The molecular formula is C22H21F3N2O9. The summed E-state index contributed by atoms with van der Waals surface area (Å²) in [4.78, 5) is 62.2. The first-order chi connectivity index (χ1) is 16.8. The molecule has 1 aromatic heterocycles. The Morgan fingerprint density at radius 1 is 1.08 bits per heavy atom. The predicted molar refractivity (Wildman–Crippen MR) is 113 cm³/mol. The topological polar surface area (TPSA) is 143 Å². The van der Waals surface area contributed by atoms with Crippen molar-refractivity contribution < 1.29 is 46.5 Å². The fourth-order valence-corrected chi connectivity index (χ4v) is 3.66. The van der Waals surface area contributed by atoms with Crippen molar-refractivity contribution in [2.24, 2.45) is 0 Å². The number of carbonyl (C=O) groups is 3. The molecule has 0 unspecified atom stereocenters. The molecule has 1 N–H and O–H groups in total. The third-order valence-corrected chi connectivity index (χ3v) is 5.29. The van der Waals surface area contributed by atoms with Crippen molar-refractivity contribution in [1.29, 1.82) is 0 Å². The van der Waals surface area contributed by atoms with E-state index in [0.717, 1.165) is 20.0 Å². The van der Waals surface area contributed by atoms with E-state index in [4.69, 9.17) is 18.9 Å². The summed E-state index contributed by atoms with van der Waals surface area (Å²) < 4.78 is 64.5. The van der Waals surface area contributed by atoms with Crippen LogP contribution < -0.4 is 11.2 Å². The summed E-state index contributed by atoms with van der Waals surface area (Å²) in [5.74, 6) is -3.43. The third-order valence-electron chi connectivity index (χ3n) is 5.29. The molecule has 1 aliphatic rings. The molecule has 0 saturated carbocycles. The summed E-state index contributed by atoms with van der Waals surface area (Å²) in [5.41, 5.74) is -5.71. The van der Waals surface area contributed by atoms with E-state index in [9.17, 15) is 37.1 Å². The number of rotatable bonds is 6. The molecule has 4 atom stereocenters. The average molecular weight is 514 g/mol. The van der Waals surface area contributed by atoms with Crippen LogP contribution >= 0.6 is 0 Å². The van der Waals surface area contributed by atoms with Crippen molar-refractivity contribution in [3.63, 3.8) is 0 Å². The number of aromatic nitrogens is 2. The van der Waals surface area contributed by atoms with E-state index < -0.39 is 66.0 Å². The molecule has 0 spiro atoms. The molecular weight excluding hydrogens is 493 g/mol. The van der Waals surface area contributed by atoms with Crippen LogP contribution in [0.4, 0.5) is 13.2 Å². The molecule has 2 aromatic rings. The summed E-state index contributed by atoms with van der Waals surface area (Å²) >= 11 is 0. The fourth-order valence-electron chi connectivity index (χ4n) is 3.66. The van der Waals surface area contributed by atoms with Gasteiger partial charge in [-0.15, -0.1) is 0 Å². The van der Waals surface area contributed by atoms with E-state index in [1.54, 1.807) is 6.07 Å². The van der Waals surface area contributed by atoms with E-state index in [0.29, 0.717) is 4.57 Å². The Labute approximate surface area is 200 Å². The number of alkyl halides is 3. The Morgan fingerprint density at radius 2 is 1.69 bits per heavy atom. The largest absolute Gasteiger partial charge is 0.458 e. The average Bonchev–Trinajstić information content (AvgIpc) is 3.08. The van der Waals surface area contributed by atoms with Crippen LogP contribution in [-0.2, 0) is 28.5 Å². The second kappa shape index (κ2) is 9.97. The molecule has 0 amide bonds. The first-order valence-electron chi connectivity index (χ1n) is 10.4. The highest BCUT2D eigenvalue weighted by Gasteiger charge is 2.73. The van der Waals surface area contributed by atoms with Gasteiger partial charge in [-0.2, -0.15) is 13.2 Å². The zero-order valence-electron chi connectivity index (χ0n) is 19.2. The zero-order valence-corrected chi connectivity index (χ0v) is 19.2. The number of benzene rings is 1. The Bertz CT molecular complexity index is 1270. The lowest BCUT2D eigenvalue weighted by Crippen LogP contribution is -2.59. The molecule has 1 fully saturated rings. The van der Waals surface area contributed by atoms with Crippen molar-refractivity contribution in [2.75, 3.05) is 6.61 Å². The van der Waals surface area contributed by atoms with E-state index in [1.165, 1.54) is 31.2 Å². The van der Waals surface area contributed by atoms with Crippen molar-refractivity contribution in [3.05, 3.63) is 68.5 Å². The number of carbonyl (C=O) groups excluding carboxylic acids is 3. The monoisotopic (exact) mass is 514 g/mol. The maximum atomic E-state index is 14.6. The molecule has 1 saturated heterocycles. The van der Waals surface area contributed by atoms with Gasteiger partial charge in [0.15, 0.2) is 18.4 Å². The molecule has 14 heteroatoms. The smallest absolute Gasteiger partial charge is 0.424 e. The third kappa shape index (κ3) is 5.17. The number of halogens is 3. The van der Waals surface area contributed by atoms with Crippen molar-refractivity contribution in [2.45, 2.75) is 51.0 Å². The standard InChI is InChI=1S/C22H21F3N2O9/c1-11-9-27(20(32)26-17(11)30)18-15(34-12(2)28)16(35-13(3)29)21(36-18,22(23,24)25)10-33-19(31)14-7-5-4-6-8-14/h4-9,15-16,18H,10H2,1-3H3,(H,26,30,32)/t15-,16+,18-,21-/m1/s1. The van der Waals surface area contributed by atoms with Crippen molar-refractivity contribution in [3.8, 4) is 0 Å². The van der Waals surface area contributed by atoms with Crippen molar-refractivity contribution >= 4 is 17.9 Å². The number of hydrogen-bond donors (Lipinski definition) is 1. The second-order valence-corrected chi connectivity index (χ2v) is 7.92. The lowest BCUT2D eigenvalue weighted by Gasteiger charge is -2.35. The quantitative estimate of drug-likeness (QED) is 0.447. The Hall–Kier alpha value is -3.94. The highest BCUT2D eigenvalue weighted by molar-refractivity contribution is 5.89. The van der Waals surface area contributed by atoms with Gasteiger partial charge in [-0.05, 0) is 19.1 Å². The molecule has 1 aromatic carbocycles. The minimum absolute atomic E-state index is 0.0718. The Morgan fingerprint density at radius 3 is 2.25 bits per heavy atom. The molecule has 194 valence electrons. The molecule has 36 heavy (non-hydrogen) atoms. The van der Waals surface area contributed by atoms with Gasteiger partial charge in [0.25, 0.3) is 5.56 Å². The summed E-state index contributed by atoms with van der Waals surface area (Å²) in [6, 6.07) is 7.09. The fraction of sp³-hybridized carbons (Fsp3) is 0.409. The maximum absolute atomic E-state index is 14.6. The highest BCUT2D eigenvalue weighted by atomic mass is 19.4. The van der Waals surface area contributed by atoms with Gasteiger partial charge in [-0.3, -0.25) is 23.9 Å². The van der Waals surface area contributed by atoms with Gasteiger partial charge in [0.2, 0.25) is 5.60 Å². The van der Waals surface area contributed by atoms with Gasteiger partial charge >= 0.3 is 29.8 Å². The SMILES string of the molecule is CC(=O)O[C@H]1[C@H](n2cc(C)c(=O)[nH]c2=O)O[C@@](COC(=O)c2ccccc2)(C(F)(F)F)[C@H]1OC(C)=O. The van der Waals surface area contributed by atoms with Crippen LogP contribution in [0.25, 0.3) is 0 Å². The number of H-pyrrole nitrogens is 1. The molecule has 0 bridgehead atoms. The summed E-state index contributed by atoms with van der Waals surface area (Å²) in [6.07, 6.45) is -10.9. The summed E-state index contributed by atoms with van der Waals surface area (Å²) in [5, 5.41) is 0. The number of nitrogens with one attached hydrogen (secondary N) is 1. The van der Waals surface area contributed by atoms with Crippen LogP contribution in [0.15, 0.2) is 46.1 Å². The number of aromatic amines is 1. The molecule has 2 heterocycles. The van der Waals surface area contributed by atoms with Gasteiger partial charge < -0.3 is 18.9 Å². The van der Waals surface area contributed by atoms with Crippen LogP contribution in [0.3, 0.4) is 0 Å².